The number of nitriles is 1. The van der Waals surface area contributed by atoms with Crippen LogP contribution in [-0.2, 0) is 6.54 Å². The molecular weight excluding hydrogens is 395 g/mol. The second-order valence-corrected chi connectivity index (χ2v) is 8.58. The SMILES string of the molecule is CC(C)(C)N(Cc1ccc(Cl)c(Oc2cc(C#N)cc(C3CC3)c2)c1F)C(=O)O. The highest BCUT2D eigenvalue weighted by Crippen LogP contribution is 2.43. The molecule has 152 valence electrons. The molecule has 0 unspecified atom stereocenters. The molecule has 29 heavy (non-hydrogen) atoms. The van der Waals surface area contributed by atoms with E-state index >= 15 is 4.39 Å². The number of hydrogen-bond acceptors (Lipinski definition) is 3. The summed E-state index contributed by atoms with van der Waals surface area (Å²) >= 11 is 6.17. The largest absolute Gasteiger partial charge is 0.465 e. The first-order chi connectivity index (χ1) is 13.6. The van der Waals surface area contributed by atoms with E-state index in [0.717, 1.165) is 23.3 Å². The van der Waals surface area contributed by atoms with E-state index in [1.54, 1.807) is 26.8 Å². The van der Waals surface area contributed by atoms with Gasteiger partial charge < -0.3 is 9.84 Å². The lowest BCUT2D eigenvalue weighted by Gasteiger charge is -2.33. The van der Waals surface area contributed by atoms with Crippen molar-refractivity contribution < 1.29 is 19.0 Å². The minimum atomic E-state index is -1.15. The Hall–Kier alpha value is -2.78. The van der Waals surface area contributed by atoms with Crippen molar-refractivity contribution in [2.24, 2.45) is 0 Å². The van der Waals surface area contributed by atoms with Gasteiger partial charge in [0.2, 0.25) is 0 Å². The van der Waals surface area contributed by atoms with Crippen LogP contribution in [-0.4, -0.2) is 21.6 Å². The number of rotatable bonds is 5. The summed E-state index contributed by atoms with van der Waals surface area (Å²) in [5, 5.41) is 18.8. The van der Waals surface area contributed by atoms with E-state index in [-0.39, 0.29) is 22.9 Å². The molecule has 1 aliphatic carbocycles. The van der Waals surface area contributed by atoms with Crippen LogP contribution in [0.25, 0.3) is 0 Å². The van der Waals surface area contributed by atoms with Crippen LogP contribution < -0.4 is 4.74 Å². The van der Waals surface area contributed by atoms with Crippen molar-refractivity contribution in [2.75, 3.05) is 0 Å². The van der Waals surface area contributed by atoms with Crippen LogP contribution in [0.3, 0.4) is 0 Å². The Morgan fingerprint density at radius 1 is 1.34 bits per heavy atom. The van der Waals surface area contributed by atoms with Gasteiger partial charge in [0.1, 0.15) is 5.75 Å². The molecule has 1 amide bonds. The maximum atomic E-state index is 15.2. The van der Waals surface area contributed by atoms with Crippen LogP contribution >= 0.6 is 11.6 Å². The van der Waals surface area contributed by atoms with E-state index in [9.17, 15) is 15.2 Å². The highest BCUT2D eigenvalue weighted by Gasteiger charge is 2.28. The molecule has 1 aliphatic rings. The molecule has 2 aromatic rings. The fourth-order valence-electron chi connectivity index (χ4n) is 3.07. The Morgan fingerprint density at radius 3 is 2.59 bits per heavy atom. The van der Waals surface area contributed by atoms with E-state index in [2.05, 4.69) is 6.07 Å². The van der Waals surface area contributed by atoms with Crippen molar-refractivity contribution in [1.82, 2.24) is 4.90 Å². The van der Waals surface area contributed by atoms with E-state index in [0.29, 0.717) is 17.2 Å². The molecule has 0 atom stereocenters. The molecule has 2 aromatic carbocycles. The minimum Gasteiger partial charge on any atom is -0.465 e. The highest BCUT2D eigenvalue weighted by atomic mass is 35.5. The number of ether oxygens (including phenoxy) is 1. The minimum absolute atomic E-state index is 0.0687. The summed E-state index contributed by atoms with van der Waals surface area (Å²) in [7, 11) is 0. The Kier molecular flexibility index (Phi) is 5.72. The van der Waals surface area contributed by atoms with Crippen molar-refractivity contribution in [3.63, 3.8) is 0 Å². The molecule has 0 saturated heterocycles. The standard InChI is InChI=1S/C22H22ClFN2O3/c1-22(2,3)26(21(27)28)12-15-6-7-18(23)20(19(15)24)29-17-9-13(11-25)8-16(10-17)14-4-5-14/h6-10,14H,4-5,12H2,1-3H3,(H,27,28). The first-order valence-corrected chi connectivity index (χ1v) is 9.68. The Morgan fingerprint density at radius 2 is 2.03 bits per heavy atom. The number of carboxylic acid groups (broad SMARTS) is 1. The fourth-order valence-corrected chi connectivity index (χ4v) is 3.25. The third-order valence-corrected chi connectivity index (χ3v) is 5.12. The predicted octanol–water partition coefficient (Wildman–Crippen LogP) is 6.30. The van der Waals surface area contributed by atoms with E-state index in [1.165, 1.54) is 18.2 Å². The number of halogens is 2. The van der Waals surface area contributed by atoms with Gasteiger partial charge in [-0.2, -0.15) is 5.26 Å². The van der Waals surface area contributed by atoms with Crippen LogP contribution in [0, 0.1) is 17.1 Å². The number of nitrogens with zero attached hydrogens (tertiary/aromatic N) is 2. The van der Waals surface area contributed by atoms with Gasteiger partial charge in [0.25, 0.3) is 0 Å². The smallest absolute Gasteiger partial charge is 0.408 e. The van der Waals surface area contributed by atoms with Gasteiger partial charge in [0, 0.05) is 11.1 Å². The van der Waals surface area contributed by atoms with Gasteiger partial charge in [-0.1, -0.05) is 17.7 Å². The molecule has 1 N–H and O–H groups in total. The summed E-state index contributed by atoms with van der Waals surface area (Å²) in [6.45, 7) is 5.06. The first kappa shape index (κ1) is 20.9. The summed E-state index contributed by atoms with van der Waals surface area (Å²) in [4.78, 5) is 12.7. The van der Waals surface area contributed by atoms with Crippen LogP contribution in [0.5, 0.6) is 11.5 Å². The van der Waals surface area contributed by atoms with Gasteiger partial charge in [-0.05, 0) is 69.4 Å². The lowest BCUT2D eigenvalue weighted by Crippen LogP contribution is -2.44. The maximum absolute atomic E-state index is 15.2. The number of amides is 1. The summed E-state index contributed by atoms with van der Waals surface area (Å²) in [5.74, 6) is -0.174. The predicted molar refractivity (Wildman–Crippen MR) is 108 cm³/mol. The topological polar surface area (TPSA) is 73.6 Å². The average molecular weight is 417 g/mol. The number of hydrogen-bond donors (Lipinski definition) is 1. The number of carbonyl (C=O) groups is 1. The quantitative estimate of drug-likeness (QED) is 0.620. The van der Waals surface area contributed by atoms with Crippen molar-refractivity contribution in [2.45, 2.75) is 51.6 Å². The maximum Gasteiger partial charge on any atom is 0.408 e. The molecule has 1 saturated carbocycles. The zero-order valence-corrected chi connectivity index (χ0v) is 17.3. The summed E-state index contributed by atoms with van der Waals surface area (Å²) in [6.07, 6.45) is 0.957. The van der Waals surface area contributed by atoms with Crippen molar-refractivity contribution in [3.8, 4) is 17.6 Å². The Bertz CT molecular complexity index is 991. The molecular formula is C22H22ClFN2O3. The van der Waals surface area contributed by atoms with Crippen molar-refractivity contribution in [1.29, 1.82) is 5.26 Å². The van der Waals surface area contributed by atoms with Gasteiger partial charge in [0.15, 0.2) is 11.6 Å². The average Bonchev–Trinajstić information content (AvgIpc) is 3.48. The van der Waals surface area contributed by atoms with E-state index in [1.807, 2.05) is 6.07 Å². The van der Waals surface area contributed by atoms with Crippen molar-refractivity contribution >= 4 is 17.7 Å². The van der Waals surface area contributed by atoms with Gasteiger partial charge >= 0.3 is 6.09 Å². The lowest BCUT2D eigenvalue weighted by molar-refractivity contribution is 0.0947. The molecule has 3 rings (SSSR count). The molecule has 0 heterocycles. The normalized spacial score (nSPS) is 13.7. The summed E-state index contributed by atoms with van der Waals surface area (Å²) in [6, 6.07) is 10.2. The monoisotopic (exact) mass is 416 g/mol. The van der Waals surface area contributed by atoms with Gasteiger partial charge in [-0.15, -0.1) is 0 Å². The van der Waals surface area contributed by atoms with E-state index in [4.69, 9.17) is 16.3 Å². The Labute approximate surface area is 174 Å². The molecule has 7 heteroatoms. The zero-order valence-electron chi connectivity index (χ0n) is 16.5. The Balaban J connectivity index is 1.95. The van der Waals surface area contributed by atoms with Crippen LogP contribution in [0.15, 0.2) is 30.3 Å². The zero-order chi connectivity index (χ0) is 21.3. The molecule has 0 aliphatic heterocycles. The molecule has 0 bridgehead atoms. The van der Waals surface area contributed by atoms with Crippen LogP contribution in [0.4, 0.5) is 9.18 Å². The lowest BCUT2D eigenvalue weighted by atomic mass is 10.0. The highest BCUT2D eigenvalue weighted by molar-refractivity contribution is 6.32. The first-order valence-electron chi connectivity index (χ1n) is 9.30. The second kappa shape index (κ2) is 7.92. The van der Waals surface area contributed by atoms with Gasteiger partial charge in [0.05, 0.1) is 23.2 Å². The number of benzene rings is 2. The van der Waals surface area contributed by atoms with Gasteiger partial charge in [-0.25, -0.2) is 9.18 Å². The van der Waals surface area contributed by atoms with Crippen LogP contribution in [0.1, 0.15) is 56.2 Å². The molecule has 1 fully saturated rings. The molecule has 0 radical (unpaired) electrons. The third kappa shape index (κ3) is 4.80. The molecule has 0 spiro atoms. The van der Waals surface area contributed by atoms with Gasteiger partial charge in [-0.3, -0.25) is 4.90 Å². The summed E-state index contributed by atoms with van der Waals surface area (Å²) in [5.41, 5.74) is 0.859. The molecule has 0 aromatic heterocycles. The van der Waals surface area contributed by atoms with Crippen LogP contribution in [0.2, 0.25) is 5.02 Å². The second-order valence-electron chi connectivity index (χ2n) is 8.17. The van der Waals surface area contributed by atoms with Crippen molar-refractivity contribution in [3.05, 3.63) is 57.9 Å². The summed E-state index contributed by atoms with van der Waals surface area (Å²) < 4.78 is 20.9. The third-order valence-electron chi connectivity index (χ3n) is 4.82. The fraction of sp³-hybridized carbons (Fsp3) is 0.364. The van der Waals surface area contributed by atoms with E-state index < -0.39 is 17.4 Å². The molecule has 5 nitrogen and oxygen atoms in total.